The number of fused-ring (bicyclic) bond motifs is 1. The third-order valence-corrected chi connectivity index (χ3v) is 8.49. The molecule has 0 spiro atoms. The summed E-state index contributed by atoms with van der Waals surface area (Å²) in [4.78, 5) is 16.7. The lowest BCUT2D eigenvalue weighted by Crippen LogP contribution is -2.50. The van der Waals surface area contributed by atoms with Crippen LogP contribution in [0, 0.1) is 0 Å². The van der Waals surface area contributed by atoms with Crippen LogP contribution < -0.4 is 4.90 Å². The van der Waals surface area contributed by atoms with Gasteiger partial charge in [0.05, 0.1) is 25.2 Å². The lowest BCUT2D eigenvalue weighted by molar-refractivity contribution is 0.0240. The van der Waals surface area contributed by atoms with Crippen molar-refractivity contribution in [3.8, 4) is 0 Å². The number of amides is 1. The van der Waals surface area contributed by atoms with Crippen LogP contribution in [0.5, 0.6) is 0 Å². The zero-order chi connectivity index (χ0) is 23.1. The molecule has 9 heteroatoms. The van der Waals surface area contributed by atoms with Gasteiger partial charge < -0.3 is 14.5 Å². The van der Waals surface area contributed by atoms with Gasteiger partial charge in [0.1, 0.15) is 5.60 Å². The third-order valence-electron chi connectivity index (χ3n) is 5.23. The minimum atomic E-state index is -3.69. The number of hydrogen-bond donors (Lipinski definition) is 0. The Morgan fingerprint density at radius 2 is 1.69 bits per heavy atom. The van der Waals surface area contributed by atoms with Crippen LogP contribution in [-0.2, 0) is 14.6 Å². The van der Waals surface area contributed by atoms with Crippen LogP contribution in [-0.4, -0.2) is 51.2 Å². The number of rotatable bonds is 3. The fourth-order valence-corrected chi connectivity index (χ4v) is 7.03. The molecule has 170 valence electrons. The van der Waals surface area contributed by atoms with E-state index in [4.69, 9.17) is 16.3 Å². The van der Waals surface area contributed by atoms with E-state index in [1.54, 1.807) is 46.7 Å². The molecular weight excluding hydrogens is 468 g/mol. The van der Waals surface area contributed by atoms with E-state index in [9.17, 15) is 13.2 Å². The molecular formula is C23H25ClN2O4S2. The fourth-order valence-electron chi connectivity index (χ4n) is 3.70. The van der Waals surface area contributed by atoms with Crippen molar-refractivity contribution >= 4 is 54.6 Å². The number of nitrogens with zero attached hydrogens (tertiary/aromatic N) is 2. The van der Waals surface area contributed by atoms with E-state index < -0.39 is 15.4 Å². The van der Waals surface area contributed by atoms with Gasteiger partial charge >= 0.3 is 6.09 Å². The number of halogens is 1. The normalized spacial score (nSPS) is 15.2. The molecule has 6 nitrogen and oxygen atoms in total. The molecule has 32 heavy (non-hydrogen) atoms. The van der Waals surface area contributed by atoms with Gasteiger partial charge in [-0.1, -0.05) is 29.8 Å². The van der Waals surface area contributed by atoms with Gasteiger partial charge in [0.15, 0.2) is 0 Å². The van der Waals surface area contributed by atoms with Gasteiger partial charge in [0.25, 0.3) is 0 Å². The van der Waals surface area contributed by atoms with Crippen molar-refractivity contribution in [1.82, 2.24) is 4.90 Å². The summed E-state index contributed by atoms with van der Waals surface area (Å²) < 4.78 is 32.8. The zero-order valence-corrected chi connectivity index (χ0v) is 20.6. The standard InChI is InChI=1S/C23H25ClN2O4S2/c1-23(2,3)30-22(27)26-13-11-25(12-14-26)18-10-9-17(24)20-19(15-31-21(18)20)32(28,29)16-7-5-4-6-8-16/h4-10,15H,11-14H2,1-3H3. The highest BCUT2D eigenvalue weighted by Crippen LogP contribution is 2.42. The molecule has 0 radical (unpaired) electrons. The number of hydrogen-bond acceptors (Lipinski definition) is 6. The van der Waals surface area contributed by atoms with Crippen molar-refractivity contribution in [1.29, 1.82) is 0 Å². The van der Waals surface area contributed by atoms with Crippen LogP contribution in [0.3, 0.4) is 0 Å². The van der Waals surface area contributed by atoms with Gasteiger partial charge in [-0.05, 0) is 45.0 Å². The molecule has 1 fully saturated rings. The minimum Gasteiger partial charge on any atom is -0.444 e. The molecule has 1 aromatic heterocycles. The largest absolute Gasteiger partial charge is 0.444 e. The van der Waals surface area contributed by atoms with Crippen LogP contribution in [0.1, 0.15) is 20.8 Å². The molecule has 0 bridgehead atoms. The number of anilines is 1. The first-order chi connectivity index (χ1) is 15.1. The number of sulfone groups is 1. The van der Waals surface area contributed by atoms with Gasteiger partial charge in [-0.2, -0.15) is 0 Å². The lowest BCUT2D eigenvalue weighted by Gasteiger charge is -2.37. The van der Waals surface area contributed by atoms with E-state index in [-0.39, 0.29) is 15.9 Å². The molecule has 1 amide bonds. The highest BCUT2D eigenvalue weighted by atomic mass is 35.5. The molecule has 0 aliphatic carbocycles. The maximum atomic E-state index is 13.3. The maximum Gasteiger partial charge on any atom is 0.410 e. The highest BCUT2D eigenvalue weighted by molar-refractivity contribution is 7.92. The number of thiophene rings is 1. The predicted molar refractivity (Wildman–Crippen MR) is 129 cm³/mol. The average molecular weight is 493 g/mol. The Kier molecular flexibility index (Phi) is 6.13. The Bertz CT molecular complexity index is 1240. The van der Waals surface area contributed by atoms with Crippen LogP contribution in [0.25, 0.3) is 10.1 Å². The SMILES string of the molecule is CC(C)(C)OC(=O)N1CCN(c2ccc(Cl)c3c(S(=O)(=O)c4ccccc4)csc23)CC1. The van der Waals surface area contributed by atoms with Crippen molar-refractivity contribution in [2.24, 2.45) is 0 Å². The van der Waals surface area contributed by atoms with Gasteiger partial charge in [0.2, 0.25) is 9.84 Å². The van der Waals surface area contributed by atoms with Crippen molar-refractivity contribution in [2.45, 2.75) is 36.2 Å². The number of carbonyl (C=O) groups is 1. The zero-order valence-electron chi connectivity index (χ0n) is 18.2. The first kappa shape index (κ1) is 22.9. The van der Waals surface area contributed by atoms with E-state index in [1.165, 1.54) is 11.3 Å². The fraction of sp³-hybridized carbons (Fsp3) is 0.348. The Labute approximate surface area is 197 Å². The molecule has 0 atom stereocenters. The van der Waals surface area contributed by atoms with Gasteiger partial charge in [-0.3, -0.25) is 0 Å². The Morgan fingerprint density at radius 1 is 1.03 bits per heavy atom. The highest BCUT2D eigenvalue weighted by Gasteiger charge is 2.29. The lowest BCUT2D eigenvalue weighted by atomic mass is 10.2. The average Bonchev–Trinajstić information content (AvgIpc) is 3.21. The predicted octanol–water partition coefficient (Wildman–Crippen LogP) is 5.44. The van der Waals surface area contributed by atoms with E-state index in [0.717, 1.165) is 10.4 Å². The topological polar surface area (TPSA) is 66.9 Å². The first-order valence-electron chi connectivity index (χ1n) is 10.3. The van der Waals surface area contributed by atoms with E-state index in [2.05, 4.69) is 4.90 Å². The van der Waals surface area contributed by atoms with Crippen molar-refractivity contribution in [2.75, 3.05) is 31.1 Å². The molecule has 2 aromatic carbocycles. The summed E-state index contributed by atoms with van der Waals surface area (Å²) >= 11 is 7.86. The second-order valence-electron chi connectivity index (χ2n) is 8.64. The molecule has 0 saturated carbocycles. The quantitative estimate of drug-likeness (QED) is 0.486. The van der Waals surface area contributed by atoms with Crippen LogP contribution in [0.15, 0.2) is 57.6 Å². The molecule has 1 aliphatic heterocycles. The first-order valence-corrected chi connectivity index (χ1v) is 13.0. The summed E-state index contributed by atoms with van der Waals surface area (Å²) in [7, 11) is -3.69. The van der Waals surface area contributed by atoms with Crippen molar-refractivity contribution in [3.63, 3.8) is 0 Å². The molecule has 3 aromatic rings. The number of ether oxygens (including phenoxy) is 1. The summed E-state index contributed by atoms with van der Waals surface area (Å²) in [6.45, 7) is 7.85. The second kappa shape index (κ2) is 8.57. The van der Waals surface area contributed by atoms with Gasteiger partial charge in [-0.15, -0.1) is 11.3 Å². The minimum absolute atomic E-state index is 0.225. The van der Waals surface area contributed by atoms with Gasteiger partial charge in [-0.25, -0.2) is 13.2 Å². The third kappa shape index (κ3) is 4.44. The summed E-state index contributed by atoms with van der Waals surface area (Å²) in [5.41, 5.74) is 0.390. The second-order valence-corrected chi connectivity index (χ2v) is 11.8. The molecule has 0 unspecified atom stereocenters. The summed E-state index contributed by atoms with van der Waals surface area (Å²) in [6, 6.07) is 12.0. The van der Waals surface area contributed by atoms with Crippen molar-refractivity contribution in [3.05, 3.63) is 52.9 Å². The Morgan fingerprint density at radius 3 is 2.31 bits per heavy atom. The molecule has 1 aliphatic rings. The monoisotopic (exact) mass is 492 g/mol. The van der Waals surface area contributed by atoms with E-state index in [1.807, 2.05) is 26.8 Å². The number of carbonyl (C=O) groups excluding carboxylic acids is 1. The van der Waals surface area contributed by atoms with Gasteiger partial charge in [0, 0.05) is 36.9 Å². The van der Waals surface area contributed by atoms with Crippen LogP contribution in [0.4, 0.5) is 10.5 Å². The van der Waals surface area contributed by atoms with Crippen molar-refractivity contribution < 1.29 is 17.9 Å². The molecule has 2 heterocycles. The molecule has 1 saturated heterocycles. The Hall–Kier alpha value is -2.29. The number of piperazine rings is 1. The van der Waals surface area contributed by atoms with E-state index in [0.29, 0.717) is 36.6 Å². The smallest absolute Gasteiger partial charge is 0.410 e. The molecule has 0 N–H and O–H groups in total. The van der Waals surface area contributed by atoms with E-state index >= 15 is 0 Å². The summed E-state index contributed by atoms with van der Waals surface area (Å²) in [5.74, 6) is 0. The maximum absolute atomic E-state index is 13.3. The summed E-state index contributed by atoms with van der Waals surface area (Å²) in [6.07, 6.45) is -0.314. The molecule has 4 rings (SSSR count). The van der Waals surface area contributed by atoms with Crippen LogP contribution in [0.2, 0.25) is 5.02 Å². The number of benzene rings is 2. The summed E-state index contributed by atoms with van der Waals surface area (Å²) in [5, 5.41) is 2.62. The Balaban J connectivity index is 1.63. The van der Waals surface area contributed by atoms with Crippen LogP contribution >= 0.6 is 22.9 Å².